The van der Waals surface area contributed by atoms with E-state index in [2.05, 4.69) is 60.4 Å². The van der Waals surface area contributed by atoms with Crippen LogP contribution < -0.4 is 9.47 Å². The van der Waals surface area contributed by atoms with Crippen molar-refractivity contribution < 1.29 is 14.6 Å². The molecule has 4 rings (SSSR count). The van der Waals surface area contributed by atoms with Crippen LogP contribution in [0.3, 0.4) is 0 Å². The summed E-state index contributed by atoms with van der Waals surface area (Å²) in [6.45, 7) is 4.71. The number of hydrogen-bond acceptors (Lipinski definition) is 4. The molecule has 1 N–H and O–H groups in total. The topological polar surface area (TPSA) is 41.9 Å². The molecule has 0 radical (unpaired) electrons. The number of fused-ring (bicyclic) bond motifs is 1. The van der Waals surface area contributed by atoms with Crippen LogP contribution in [0.2, 0.25) is 0 Å². The largest absolute Gasteiger partial charge is 0.494 e. The monoisotopic (exact) mass is 501 g/mol. The molecule has 4 heteroatoms. The zero-order valence-electron chi connectivity index (χ0n) is 22.4. The highest BCUT2D eigenvalue weighted by Crippen LogP contribution is 2.28. The van der Waals surface area contributed by atoms with E-state index in [1.165, 1.54) is 36.0 Å². The fraction of sp³-hybridized carbons (Fsp3) is 0.455. The second-order valence-electron chi connectivity index (χ2n) is 10.3. The minimum absolute atomic E-state index is 0.286. The van der Waals surface area contributed by atoms with Gasteiger partial charge in [0.05, 0.1) is 6.61 Å². The zero-order valence-corrected chi connectivity index (χ0v) is 22.4. The van der Waals surface area contributed by atoms with E-state index in [9.17, 15) is 5.11 Å². The van der Waals surface area contributed by atoms with Crippen molar-refractivity contribution in [1.82, 2.24) is 4.90 Å². The van der Waals surface area contributed by atoms with Crippen molar-refractivity contribution in [3.8, 4) is 11.5 Å². The summed E-state index contributed by atoms with van der Waals surface area (Å²) < 4.78 is 12.0. The van der Waals surface area contributed by atoms with Crippen LogP contribution in [-0.4, -0.2) is 41.9 Å². The van der Waals surface area contributed by atoms with Gasteiger partial charge in [-0.2, -0.15) is 0 Å². The Hall–Kier alpha value is -2.82. The van der Waals surface area contributed by atoms with E-state index in [1.807, 2.05) is 30.3 Å². The van der Waals surface area contributed by atoms with Gasteiger partial charge in [0.2, 0.25) is 0 Å². The third-order valence-corrected chi connectivity index (χ3v) is 7.26. The van der Waals surface area contributed by atoms with E-state index < -0.39 is 6.10 Å². The minimum Gasteiger partial charge on any atom is -0.494 e. The van der Waals surface area contributed by atoms with Crippen LogP contribution in [0.25, 0.3) is 0 Å². The molecule has 1 aliphatic carbocycles. The van der Waals surface area contributed by atoms with Crippen molar-refractivity contribution in [1.29, 1.82) is 0 Å². The summed E-state index contributed by atoms with van der Waals surface area (Å²) in [5.41, 5.74) is 4.10. The first-order valence-electron chi connectivity index (χ1n) is 14.1. The fourth-order valence-electron chi connectivity index (χ4n) is 5.23. The standard InChI is InChI=1S/C33H43NO3/c1-2-3-4-11-21-36-33-20-19-28-15-12-16-30(22-29(28)23-33)34(24-27-13-7-5-8-14-27)25-31(35)26-37-32-17-9-6-10-18-32/h5-10,13-14,17-20,23,30-31,35H,2-4,11-12,15-16,21-22,24-26H2,1H3. The Kier molecular flexibility index (Phi) is 10.9. The molecule has 3 aromatic carbocycles. The van der Waals surface area contributed by atoms with Gasteiger partial charge in [0.15, 0.2) is 0 Å². The van der Waals surface area contributed by atoms with Crippen LogP contribution in [0.15, 0.2) is 78.9 Å². The molecule has 0 spiro atoms. The Morgan fingerprint density at radius 3 is 2.43 bits per heavy atom. The number of aliphatic hydroxyl groups is 1. The molecule has 4 nitrogen and oxygen atoms in total. The molecule has 0 bridgehead atoms. The minimum atomic E-state index is -0.565. The number of aliphatic hydroxyl groups excluding tert-OH is 1. The Morgan fingerprint density at radius 2 is 1.65 bits per heavy atom. The van der Waals surface area contributed by atoms with Gasteiger partial charge in [-0.25, -0.2) is 0 Å². The summed E-state index contributed by atoms with van der Waals surface area (Å²) in [6, 6.07) is 27.4. The predicted molar refractivity (Wildman–Crippen MR) is 151 cm³/mol. The summed E-state index contributed by atoms with van der Waals surface area (Å²) in [7, 11) is 0. The van der Waals surface area contributed by atoms with Gasteiger partial charge in [0.1, 0.15) is 24.2 Å². The molecule has 3 aromatic rings. The van der Waals surface area contributed by atoms with Gasteiger partial charge in [-0.15, -0.1) is 0 Å². The highest BCUT2D eigenvalue weighted by molar-refractivity contribution is 5.37. The first kappa shape index (κ1) is 27.2. The number of ether oxygens (including phenoxy) is 2. The number of unbranched alkanes of at least 4 members (excludes halogenated alkanes) is 3. The molecule has 0 saturated heterocycles. The van der Waals surface area contributed by atoms with E-state index in [4.69, 9.17) is 9.47 Å². The maximum absolute atomic E-state index is 11.0. The Balaban J connectivity index is 1.43. The number of hydrogen-bond donors (Lipinski definition) is 1. The van der Waals surface area contributed by atoms with Crippen LogP contribution in [-0.2, 0) is 19.4 Å². The molecule has 0 amide bonds. The Morgan fingerprint density at radius 1 is 0.865 bits per heavy atom. The molecule has 1 aliphatic rings. The summed E-state index contributed by atoms with van der Waals surface area (Å²) in [6.07, 6.45) is 8.63. The van der Waals surface area contributed by atoms with E-state index in [1.54, 1.807) is 0 Å². The Labute approximate surface area is 223 Å². The van der Waals surface area contributed by atoms with E-state index in [0.717, 1.165) is 56.8 Å². The smallest absolute Gasteiger partial charge is 0.119 e. The van der Waals surface area contributed by atoms with E-state index in [0.29, 0.717) is 12.6 Å². The van der Waals surface area contributed by atoms with Crippen LogP contribution in [0.5, 0.6) is 11.5 Å². The van der Waals surface area contributed by atoms with Crippen molar-refractivity contribution in [2.45, 2.75) is 77.0 Å². The molecule has 0 aliphatic heterocycles. The zero-order chi connectivity index (χ0) is 25.7. The average Bonchev–Trinajstić information content (AvgIpc) is 3.15. The number of para-hydroxylation sites is 1. The van der Waals surface area contributed by atoms with Gasteiger partial charge in [-0.3, -0.25) is 4.90 Å². The summed E-state index contributed by atoms with van der Waals surface area (Å²) in [4.78, 5) is 2.46. The van der Waals surface area contributed by atoms with Gasteiger partial charge >= 0.3 is 0 Å². The molecule has 2 unspecified atom stereocenters. The fourth-order valence-corrected chi connectivity index (χ4v) is 5.23. The third kappa shape index (κ3) is 8.91. The van der Waals surface area contributed by atoms with Gasteiger partial charge in [-0.05, 0) is 73.1 Å². The van der Waals surface area contributed by atoms with Crippen molar-refractivity contribution in [3.63, 3.8) is 0 Å². The lowest BCUT2D eigenvalue weighted by molar-refractivity contribution is 0.0463. The number of aryl methyl sites for hydroxylation is 1. The van der Waals surface area contributed by atoms with E-state index >= 15 is 0 Å². The summed E-state index contributed by atoms with van der Waals surface area (Å²) >= 11 is 0. The maximum Gasteiger partial charge on any atom is 0.119 e. The lowest BCUT2D eigenvalue weighted by atomic mass is 10.00. The highest BCUT2D eigenvalue weighted by Gasteiger charge is 2.25. The van der Waals surface area contributed by atoms with Gasteiger partial charge in [-0.1, -0.05) is 80.8 Å². The van der Waals surface area contributed by atoms with Crippen LogP contribution in [0.1, 0.15) is 62.1 Å². The maximum atomic E-state index is 11.0. The first-order chi connectivity index (χ1) is 18.2. The molecule has 198 valence electrons. The normalized spacial score (nSPS) is 16.1. The van der Waals surface area contributed by atoms with Crippen LogP contribution in [0, 0.1) is 0 Å². The molecule has 0 saturated carbocycles. The highest BCUT2D eigenvalue weighted by atomic mass is 16.5. The second-order valence-corrected chi connectivity index (χ2v) is 10.3. The molecule has 0 heterocycles. The van der Waals surface area contributed by atoms with Gasteiger partial charge in [0.25, 0.3) is 0 Å². The first-order valence-corrected chi connectivity index (χ1v) is 14.1. The summed E-state index contributed by atoms with van der Waals surface area (Å²) in [5.74, 6) is 1.78. The lowest BCUT2D eigenvalue weighted by Crippen LogP contribution is -2.42. The predicted octanol–water partition coefficient (Wildman–Crippen LogP) is 6.84. The van der Waals surface area contributed by atoms with Crippen molar-refractivity contribution in [2.24, 2.45) is 0 Å². The quantitative estimate of drug-likeness (QED) is 0.194. The molecule has 2 atom stereocenters. The molecule has 0 aromatic heterocycles. The lowest BCUT2D eigenvalue weighted by Gasteiger charge is -2.33. The van der Waals surface area contributed by atoms with Gasteiger partial charge < -0.3 is 14.6 Å². The SMILES string of the molecule is CCCCCCOc1ccc2c(c1)CC(N(Cc1ccccc1)CC(O)COc1ccccc1)CCC2. The van der Waals surface area contributed by atoms with Crippen LogP contribution in [0.4, 0.5) is 0 Å². The van der Waals surface area contributed by atoms with E-state index in [-0.39, 0.29) is 6.61 Å². The number of nitrogens with zero attached hydrogens (tertiary/aromatic N) is 1. The van der Waals surface area contributed by atoms with Gasteiger partial charge in [0, 0.05) is 19.1 Å². The van der Waals surface area contributed by atoms with Crippen molar-refractivity contribution in [3.05, 3.63) is 95.6 Å². The molecular formula is C33H43NO3. The summed E-state index contributed by atoms with van der Waals surface area (Å²) in [5, 5.41) is 11.0. The van der Waals surface area contributed by atoms with Crippen molar-refractivity contribution >= 4 is 0 Å². The van der Waals surface area contributed by atoms with Crippen molar-refractivity contribution in [2.75, 3.05) is 19.8 Å². The second kappa shape index (κ2) is 14.8. The molecular weight excluding hydrogens is 458 g/mol. The number of rotatable bonds is 14. The third-order valence-electron chi connectivity index (χ3n) is 7.26. The van der Waals surface area contributed by atoms with Crippen LogP contribution >= 0.6 is 0 Å². The average molecular weight is 502 g/mol. The molecule has 0 fully saturated rings. The number of benzene rings is 3. The molecule has 37 heavy (non-hydrogen) atoms. The Bertz CT molecular complexity index is 1040.